The van der Waals surface area contributed by atoms with Crippen molar-refractivity contribution < 1.29 is 4.74 Å². The van der Waals surface area contributed by atoms with E-state index in [1.54, 1.807) is 0 Å². The minimum Gasteiger partial charge on any atom is -0.385 e. The van der Waals surface area contributed by atoms with Crippen LogP contribution in [0.4, 0.5) is 0 Å². The van der Waals surface area contributed by atoms with E-state index in [4.69, 9.17) is 4.74 Å². The van der Waals surface area contributed by atoms with Gasteiger partial charge in [0, 0.05) is 26.3 Å². The molecule has 2 saturated carbocycles. The zero-order chi connectivity index (χ0) is 14.8. The van der Waals surface area contributed by atoms with E-state index in [2.05, 4.69) is 5.32 Å². The van der Waals surface area contributed by atoms with Gasteiger partial charge in [-0.05, 0) is 37.5 Å². The van der Waals surface area contributed by atoms with Crippen molar-refractivity contribution in [1.29, 1.82) is 0 Å². The molecule has 2 heteroatoms. The standard InChI is InChI=1S/C19H37NO/c1-21-16-15-19(13-14-19)17-20-18-11-9-7-5-3-2-4-6-8-10-12-18/h18,20H,2-17H2,1H3. The Bertz CT molecular complexity index is 250. The van der Waals surface area contributed by atoms with Gasteiger partial charge in [0.25, 0.3) is 0 Å². The molecule has 0 radical (unpaired) electrons. The second-order valence-electron chi connectivity index (χ2n) is 7.58. The van der Waals surface area contributed by atoms with Crippen LogP contribution in [0, 0.1) is 5.41 Å². The van der Waals surface area contributed by atoms with Crippen molar-refractivity contribution in [2.45, 2.75) is 95.9 Å². The first-order chi connectivity index (χ1) is 10.3. The Kier molecular flexibility index (Phi) is 8.10. The molecule has 2 fully saturated rings. The number of ether oxygens (including phenoxy) is 1. The van der Waals surface area contributed by atoms with Gasteiger partial charge in [-0.1, -0.05) is 57.8 Å². The fraction of sp³-hybridized carbons (Fsp3) is 1.00. The summed E-state index contributed by atoms with van der Waals surface area (Å²) in [4.78, 5) is 0. The molecule has 1 N–H and O–H groups in total. The number of hydrogen-bond donors (Lipinski definition) is 1. The van der Waals surface area contributed by atoms with Crippen LogP contribution in [0.5, 0.6) is 0 Å². The highest BCUT2D eigenvalue weighted by atomic mass is 16.5. The Morgan fingerprint density at radius 3 is 1.86 bits per heavy atom. The third-order valence-electron chi connectivity index (χ3n) is 5.66. The van der Waals surface area contributed by atoms with E-state index >= 15 is 0 Å². The van der Waals surface area contributed by atoms with Gasteiger partial charge < -0.3 is 10.1 Å². The van der Waals surface area contributed by atoms with Gasteiger partial charge in [-0.3, -0.25) is 0 Å². The molecule has 0 amide bonds. The fourth-order valence-corrected chi connectivity index (χ4v) is 3.74. The molecule has 0 aromatic carbocycles. The largest absolute Gasteiger partial charge is 0.385 e. The average molecular weight is 296 g/mol. The summed E-state index contributed by atoms with van der Waals surface area (Å²) in [5, 5.41) is 3.93. The molecule has 0 heterocycles. The molecule has 2 aliphatic rings. The first-order valence-electron chi connectivity index (χ1n) is 9.57. The normalized spacial score (nSPS) is 25.0. The highest BCUT2D eigenvalue weighted by Crippen LogP contribution is 2.48. The molecule has 0 bridgehead atoms. The molecular formula is C19H37NO. The summed E-state index contributed by atoms with van der Waals surface area (Å²) in [6.07, 6.45) is 20.0. The van der Waals surface area contributed by atoms with Crippen molar-refractivity contribution in [1.82, 2.24) is 5.32 Å². The molecule has 0 unspecified atom stereocenters. The molecule has 0 saturated heterocycles. The van der Waals surface area contributed by atoms with Gasteiger partial charge >= 0.3 is 0 Å². The lowest BCUT2D eigenvalue weighted by molar-refractivity contribution is 0.169. The summed E-state index contributed by atoms with van der Waals surface area (Å²) in [5.74, 6) is 0. The lowest BCUT2D eigenvalue weighted by Crippen LogP contribution is -2.34. The van der Waals surface area contributed by atoms with Crippen molar-refractivity contribution in [3.63, 3.8) is 0 Å². The molecule has 124 valence electrons. The number of hydrogen-bond acceptors (Lipinski definition) is 2. The van der Waals surface area contributed by atoms with Gasteiger partial charge in [0.15, 0.2) is 0 Å². The van der Waals surface area contributed by atoms with Crippen molar-refractivity contribution in [2.24, 2.45) is 5.41 Å². The molecule has 0 atom stereocenters. The summed E-state index contributed by atoms with van der Waals surface area (Å²) in [6, 6.07) is 0.782. The first kappa shape index (κ1) is 17.3. The lowest BCUT2D eigenvalue weighted by Gasteiger charge is -2.23. The van der Waals surface area contributed by atoms with Crippen LogP contribution in [-0.4, -0.2) is 26.3 Å². The molecular weight excluding hydrogens is 258 g/mol. The molecule has 0 aromatic heterocycles. The molecule has 0 aromatic rings. The van der Waals surface area contributed by atoms with E-state index in [1.165, 1.54) is 96.4 Å². The summed E-state index contributed by atoms with van der Waals surface area (Å²) in [5.41, 5.74) is 0.597. The highest BCUT2D eigenvalue weighted by molar-refractivity contribution is 4.95. The maximum Gasteiger partial charge on any atom is 0.0468 e. The minimum atomic E-state index is 0.597. The maximum absolute atomic E-state index is 5.27. The van der Waals surface area contributed by atoms with E-state index in [1.807, 2.05) is 7.11 Å². The zero-order valence-corrected chi connectivity index (χ0v) is 14.3. The van der Waals surface area contributed by atoms with Crippen molar-refractivity contribution in [2.75, 3.05) is 20.3 Å². The fourth-order valence-electron chi connectivity index (χ4n) is 3.74. The van der Waals surface area contributed by atoms with Crippen LogP contribution in [0.25, 0.3) is 0 Å². The van der Waals surface area contributed by atoms with Gasteiger partial charge in [0.05, 0.1) is 0 Å². The van der Waals surface area contributed by atoms with Crippen molar-refractivity contribution in [3.05, 3.63) is 0 Å². The summed E-state index contributed by atoms with van der Waals surface area (Å²) in [6.45, 7) is 2.17. The lowest BCUT2D eigenvalue weighted by atomic mass is 9.96. The Morgan fingerprint density at radius 1 is 0.857 bits per heavy atom. The van der Waals surface area contributed by atoms with Gasteiger partial charge in [-0.2, -0.15) is 0 Å². The number of rotatable bonds is 6. The Morgan fingerprint density at radius 2 is 1.38 bits per heavy atom. The molecule has 0 aliphatic heterocycles. The van der Waals surface area contributed by atoms with Crippen LogP contribution in [0.15, 0.2) is 0 Å². The molecule has 2 aliphatic carbocycles. The maximum atomic E-state index is 5.27. The predicted molar refractivity (Wildman–Crippen MR) is 90.7 cm³/mol. The molecule has 2 rings (SSSR count). The quantitative estimate of drug-likeness (QED) is 0.739. The van der Waals surface area contributed by atoms with Crippen molar-refractivity contribution in [3.8, 4) is 0 Å². The van der Waals surface area contributed by atoms with Crippen LogP contribution in [-0.2, 0) is 4.74 Å². The van der Waals surface area contributed by atoms with E-state index < -0.39 is 0 Å². The number of methoxy groups -OCH3 is 1. The topological polar surface area (TPSA) is 21.3 Å². The van der Waals surface area contributed by atoms with Crippen LogP contribution < -0.4 is 5.32 Å². The monoisotopic (exact) mass is 295 g/mol. The Hall–Kier alpha value is -0.0800. The van der Waals surface area contributed by atoms with E-state index in [0.717, 1.165) is 12.6 Å². The van der Waals surface area contributed by atoms with Gasteiger partial charge in [0.2, 0.25) is 0 Å². The third kappa shape index (κ3) is 7.15. The zero-order valence-electron chi connectivity index (χ0n) is 14.3. The van der Waals surface area contributed by atoms with Gasteiger partial charge in [-0.25, -0.2) is 0 Å². The Balaban J connectivity index is 1.68. The number of nitrogens with one attached hydrogen (secondary N) is 1. The second kappa shape index (κ2) is 9.84. The molecule has 21 heavy (non-hydrogen) atoms. The summed E-state index contributed by atoms with van der Waals surface area (Å²) < 4.78 is 5.27. The smallest absolute Gasteiger partial charge is 0.0468 e. The SMILES string of the molecule is COCCC1(CNC2CCCCCCCCCCC2)CC1. The van der Waals surface area contributed by atoms with E-state index in [0.29, 0.717) is 5.41 Å². The van der Waals surface area contributed by atoms with Gasteiger partial charge in [0.1, 0.15) is 0 Å². The second-order valence-corrected chi connectivity index (χ2v) is 7.58. The Labute approximate surface area is 132 Å². The third-order valence-corrected chi connectivity index (χ3v) is 5.66. The van der Waals surface area contributed by atoms with Crippen LogP contribution >= 0.6 is 0 Å². The molecule has 0 spiro atoms. The first-order valence-corrected chi connectivity index (χ1v) is 9.57. The van der Waals surface area contributed by atoms with Crippen molar-refractivity contribution >= 4 is 0 Å². The minimum absolute atomic E-state index is 0.597. The highest BCUT2D eigenvalue weighted by Gasteiger charge is 2.41. The van der Waals surface area contributed by atoms with Crippen LogP contribution in [0.2, 0.25) is 0 Å². The molecule has 2 nitrogen and oxygen atoms in total. The van der Waals surface area contributed by atoms with Crippen LogP contribution in [0.3, 0.4) is 0 Å². The average Bonchev–Trinajstić information content (AvgIpc) is 3.25. The van der Waals surface area contributed by atoms with E-state index in [-0.39, 0.29) is 0 Å². The van der Waals surface area contributed by atoms with E-state index in [9.17, 15) is 0 Å². The summed E-state index contributed by atoms with van der Waals surface area (Å²) >= 11 is 0. The predicted octanol–water partition coefficient (Wildman–Crippen LogP) is 5.07. The van der Waals surface area contributed by atoms with Crippen LogP contribution in [0.1, 0.15) is 89.9 Å². The van der Waals surface area contributed by atoms with Gasteiger partial charge in [-0.15, -0.1) is 0 Å². The summed E-state index contributed by atoms with van der Waals surface area (Å²) in [7, 11) is 1.83.